The molecule has 1 saturated heterocycles. The summed E-state index contributed by atoms with van der Waals surface area (Å²) < 4.78 is 22.8. The predicted molar refractivity (Wildman–Crippen MR) is 72.9 cm³/mol. The van der Waals surface area contributed by atoms with Crippen molar-refractivity contribution in [2.75, 3.05) is 17.2 Å². The zero-order chi connectivity index (χ0) is 13.3. The molecule has 0 saturated carbocycles. The third kappa shape index (κ3) is 2.44. The summed E-state index contributed by atoms with van der Waals surface area (Å²) in [5.74, 6) is 0. The number of nitrogens with zero attached hydrogens (tertiary/aromatic N) is 1. The average molecular weight is 269 g/mol. The van der Waals surface area contributed by atoms with Gasteiger partial charge in [0.25, 0.3) is 0 Å². The number of hydrogen-bond acceptors (Lipinski definition) is 4. The van der Waals surface area contributed by atoms with Gasteiger partial charge in [-0.15, -0.1) is 0 Å². The van der Waals surface area contributed by atoms with Crippen LogP contribution in [0.5, 0.6) is 0 Å². The quantitative estimate of drug-likeness (QED) is 0.809. The van der Waals surface area contributed by atoms with Gasteiger partial charge in [0.2, 0.25) is 10.0 Å². The van der Waals surface area contributed by atoms with E-state index in [2.05, 4.69) is 11.8 Å². The van der Waals surface area contributed by atoms with E-state index in [0.29, 0.717) is 11.7 Å². The highest BCUT2D eigenvalue weighted by Crippen LogP contribution is 2.33. The molecule has 5 nitrogen and oxygen atoms in total. The van der Waals surface area contributed by atoms with E-state index in [0.717, 1.165) is 31.5 Å². The lowest BCUT2D eigenvalue weighted by atomic mass is 10.1. The highest BCUT2D eigenvalue weighted by molar-refractivity contribution is 7.89. The Morgan fingerprint density at radius 2 is 2.17 bits per heavy atom. The van der Waals surface area contributed by atoms with Gasteiger partial charge in [0.05, 0.1) is 16.3 Å². The Hall–Kier alpha value is -1.27. The number of nitrogen functional groups attached to an aromatic ring is 1. The second-order valence-electron chi connectivity index (χ2n) is 4.66. The molecule has 0 radical (unpaired) electrons. The molecule has 0 aliphatic carbocycles. The van der Waals surface area contributed by atoms with Crippen molar-refractivity contribution in [3.63, 3.8) is 0 Å². The van der Waals surface area contributed by atoms with Gasteiger partial charge in [0.1, 0.15) is 0 Å². The maximum Gasteiger partial charge on any atom is 0.238 e. The summed E-state index contributed by atoms with van der Waals surface area (Å²) in [5, 5.41) is 5.15. The molecule has 100 valence electrons. The van der Waals surface area contributed by atoms with E-state index < -0.39 is 10.0 Å². The summed E-state index contributed by atoms with van der Waals surface area (Å²) in [4.78, 5) is 2.30. The molecule has 1 fully saturated rings. The Morgan fingerprint density at radius 1 is 1.44 bits per heavy atom. The summed E-state index contributed by atoms with van der Waals surface area (Å²) in [5.41, 5.74) is 7.34. The van der Waals surface area contributed by atoms with Crippen LogP contribution in [0.4, 0.5) is 11.4 Å². The van der Waals surface area contributed by atoms with E-state index in [1.807, 2.05) is 0 Å². The molecule has 4 N–H and O–H groups in total. The van der Waals surface area contributed by atoms with Crippen LogP contribution in [0, 0.1) is 0 Å². The number of nitrogens with two attached hydrogens (primary N) is 2. The van der Waals surface area contributed by atoms with E-state index in [-0.39, 0.29) is 4.90 Å². The molecule has 1 aromatic carbocycles. The summed E-state index contributed by atoms with van der Waals surface area (Å²) in [6.07, 6.45) is 3.26. The van der Waals surface area contributed by atoms with Crippen LogP contribution < -0.4 is 15.8 Å². The Labute approximate surface area is 108 Å². The number of primary sulfonamides is 1. The molecule has 0 amide bonds. The van der Waals surface area contributed by atoms with Gasteiger partial charge in [-0.1, -0.05) is 6.92 Å². The highest BCUT2D eigenvalue weighted by atomic mass is 32.2. The molecule has 1 aliphatic heterocycles. The molecule has 0 bridgehead atoms. The monoisotopic (exact) mass is 269 g/mol. The van der Waals surface area contributed by atoms with Crippen LogP contribution >= 0.6 is 0 Å². The van der Waals surface area contributed by atoms with Crippen molar-refractivity contribution in [2.45, 2.75) is 37.1 Å². The first-order valence-electron chi connectivity index (χ1n) is 6.12. The zero-order valence-corrected chi connectivity index (χ0v) is 11.3. The molecule has 1 heterocycles. The first-order chi connectivity index (χ1) is 8.43. The van der Waals surface area contributed by atoms with E-state index in [4.69, 9.17) is 10.9 Å². The summed E-state index contributed by atoms with van der Waals surface area (Å²) in [7, 11) is -3.68. The van der Waals surface area contributed by atoms with Crippen LogP contribution in [0.1, 0.15) is 26.2 Å². The Kier molecular flexibility index (Phi) is 3.49. The van der Waals surface area contributed by atoms with Crippen LogP contribution in [-0.2, 0) is 10.0 Å². The fourth-order valence-corrected chi connectivity index (χ4v) is 3.06. The second-order valence-corrected chi connectivity index (χ2v) is 6.22. The molecule has 0 spiro atoms. The lowest BCUT2D eigenvalue weighted by molar-refractivity contribution is 0.597. The third-order valence-corrected chi connectivity index (χ3v) is 4.40. The predicted octanol–water partition coefficient (Wildman–Crippen LogP) is 1.30. The summed E-state index contributed by atoms with van der Waals surface area (Å²) in [6, 6.07) is 5.08. The molecule has 1 atom stereocenters. The van der Waals surface area contributed by atoms with Crippen molar-refractivity contribution < 1.29 is 8.42 Å². The number of sulfonamides is 1. The minimum atomic E-state index is -3.68. The normalized spacial score (nSPS) is 20.3. The van der Waals surface area contributed by atoms with Gasteiger partial charge >= 0.3 is 0 Å². The molecule has 6 heteroatoms. The van der Waals surface area contributed by atoms with Crippen molar-refractivity contribution >= 4 is 21.4 Å². The molecule has 1 unspecified atom stereocenters. The number of hydrogen-bond donors (Lipinski definition) is 2. The lowest BCUT2D eigenvalue weighted by Gasteiger charge is -2.27. The van der Waals surface area contributed by atoms with Crippen molar-refractivity contribution in [3.8, 4) is 0 Å². The number of anilines is 2. The molecule has 1 aliphatic rings. The number of benzene rings is 1. The Bertz CT molecular complexity index is 542. The smallest absolute Gasteiger partial charge is 0.238 e. The minimum absolute atomic E-state index is 0.119. The van der Waals surface area contributed by atoms with Gasteiger partial charge in [0, 0.05) is 12.6 Å². The van der Waals surface area contributed by atoms with E-state index in [9.17, 15) is 8.42 Å². The van der Waals surface area contributed by atoms with Gasteiger partial charge in [-0.05, 0) is 37.5 Å². The van der Waals surface area contributed by atoms with E-state index in [1.165, 1.54) is 6.07 Å². The molecule has 0 aromatic heterocycles. The summed E-state index contributed by atoms with van der Waals surface area (Å²) in [6.45, 7) is 3.04. The second kappa shape index (κ2) is 4.78. The standard InChI is InChI=1S/C12H19N3O2S/c1-2-9-4-3-7-15(9)12-8-10(18(14,16)17)5-6-11(12)13/h5-6,8-9H,2-4,7,13H2,1H3,(H2,14,16,17). The van der Waals surface area contributed by atoms with Crippen LogP contribution in [0.15, 0.2) is 23.1 Å². The van der Waals surface area contributed by atoms with E-state index in [1.54, 1.807) is 12.1 Å². The van der Waals surface area contributed by atoms with Gasteiger partial charge in [-0.25, -0.2) is 13.6 Å². The van der Waals surface area contributed by atoms with Gasteiger partial charge in [-0.3, -0.25) is 0 Å². The van der Waals surface area contributed by atoms with Crippen LogP contribution in [0.25, 0.3) is 0 Å². The van der Waals surface area contributed by atoms with E-state index >= 15 is 0 Å². The molecular formula is C12H19N3O2S. The van der Waals surface area contributed by atoms with Crippen molar-refractivity contribution in [1.82, 2.24) is 0 Å². The van der Waals surface area contributed by atoms with Gasteiger partial charge in [0.15, 0.2) is 0 Å². The topological polar surface area (TPSA) is 89.4 Å². The first kappa shape index (κ1) is 13.2. The van der Waals surface area contributed by atoms with Crippen molar-refractivity contribution in [3.05, 3.63) is 18.2 Å². The zero-order valence-electron chi connectivity index (χ0n) is 10.5. The lowest BCUT2D eigenvalue weighted by Crippen LogP contribution is -2.29. The third-order valence-electron chi connectivity index (χ3n) is 3.49. The van der Waals surface area contributed by atoms with Crippen molar-refractivity contribution in [1.29, 1.82) is 0 Å². The maximum atomic E-state index is 11.4. The fourth-order valence-electron chi connectivity index (χ4n) is 2.53. The first-order valence-corrected chi connectivity index (χ1v) is 7.67. The van der Waals surface area contributed by atoms with Gasteiger partial charge < -0.3 is 10.6 Å². The van der Waals surface area contributed by atoms with Crippen LogP contribution in [0.2, 0.25) is 0 Å². The Morgan fingerprint density at radius 3 is 2.78 bits per heavy atom. The van der Waals surface area contributed by atoms with Gasteiger partial charge in [-0.2, -0.15) is 0 Å². The largest absolute Gasteiger partial charge is 0.397 e. The fraction of sp³-hybridized carbons (Fsp3) is 0.500. The highest BCUT2D eigenvalue weighted by Gasteiger charge is 2.25. The maximum absolute atomic E-state index is 11.4. The van der Waals surface area contributed by atoms with Crippen LogP contribution in [0.3, 0.4) is 0 Å². The molecule has 2 rings (SSSR count). The molecular weight excluding hydrogens is 250 g/mol. The number of rotatable bonds is 3. The molecule has 18 heavy (non-hydrogen) atoms. The molecule has 1 aromatic rings. The SMILES string of the molecule is CCC1CCCN1c1cc(S(N)(=O)=O)ccc1N. The van der Waals surface area contributed by atoms with Crippen LogP contribution in [-0.4, -0.2) is 21.0 Å². The average Bonchev–Trinajstić information content (AvgIpc) is 2.76. The van der Waals surface area contributed by atoms with Crippen molar-refractivity contribution in [2.24, 2.45) is 5.14 Å². The Balaban J connectivity index is 2.44. The minimum Gasteiger partial charge on any atom is -0.397 e. The summed E-state index contributed by atoms with van der Waals surface area (Å²) >= 11 is 0.